The van der Waals surface area contributed by atoms with Crippen LogP contribution in [0.3, 0.4) is 0 Å². The molecule has 5 fully saturated rings. The SMILES string of the molecule is CCCCO[C@@H]1CC[C@@]2(C)[C@@H](C1)C[C@@H](OCCCNC(=O)OCC1c3ccccc3-c3ccccc31)[C@@H]1[C@@H]2C[C@H](OCCCC)[C@]2(C)[C@@H]([C@H](C)CCCN(CC(=O)ON3C(=O)CCC3=O)C(C)=O)CC[C@@H]12. The highest BCUT2D eigenvalue weighted by Crippen LogP contribution is 2.69. The standard InChI is InChI=1S/C58H83N3O10/c1-7-9-30-67-41-26-27-57(5)40(33-41)34-50(68-32-16-28-59-56(66)70-37-46-44-20-13-11-18-42(44)43-19-12-14-21-45(43)46)55-48-23-22-47(58(48,6)51(35-49(55)57)69-31-10-8-2)38(3)17-15-29-60(39(4)62)36-54(65)71-61-52(63)24-25-53(61)64/h11-14,18-21,38,40-41,46-51,55H,7-10,15-17,22-37H2,1-6H3,(H,59,66)/t38-,40+,41-,47-,48+,49+,50-,51+,55+,57+,58-/m1/s1. The number of carbonyl (C=O) groups is 5. The van der Waals surface area contributed by atoms with E-state index in [4.69, 9.17) is 23.8 Å². The van der Waals surface area contributed by atoms with Crippen molar-refractivity contribution in [1.82, 2.24) is 15.3 Å². The fourth-order valence-electron chi connectivity index (χ4n) is 14.6. The van der Waals surface area contributed by atoms with E-state index in [0.717, 1.165) is 90.3 Å². The second-order valence-corrected chi connectivity index (χ2v) is 22.5. The summed E-state index contributed by atoms with van der Waals surface area (Å²) in [6.07, 6.45) is 14.3. The number of ether oxygens (including phenoxy) is 4. The molecule has 71 heavy (non-hydrogen) atoms. The van der Waals surface area contributed by atoms with Crippen LogP contribution < -0.4 is 5.32 Å². The fraction of sp³-hybridized carbons (Fsp3) is 0.707. The molecule has 4 saturated carbocycles. The molecule has 1 N–H and O–H groups in total. The van der Waals surface area contributed by atoms with Gasteiger partial charge in [-0.1, -0.05) is 96.0 Å². The van der Waals surface area contributed by atoms with Gasteiger partial charge in [0.2, 0.25) is 5.91 Å². The Labute approximate surface area is 423 Å². The predicted octanol–water partition coefficient (Wildman–Crippen LogP) is 10.4. The van der Waals surface area contributed by atoms with Crippen molar-refractivity contribution < 1.29 is 47.8 Å². The Hall–Kier alpha value is -4.33. The van der Waals surface area contributed by atoms with Crippen LogP contribution in [-0.4, -0.2) is 104 Å². The number of carbonyl (C=O) groups excluding carboxylic acids is 5. The number of alkyl carbamates (subject to hydrolysis) is 1. The molecule has 1 saturated heterocycles. The molecule has 0 radical (unpaired) electrons. The normalized spacial score (nSPS) is 30.2. The van der Waals surface area contributed by atoms with E-state index < -0.39 is 23.9 Å². The number of benzene rings is 2. The lowest BCUT2D eigenvalue weighted by Crippen LogP contribution is -2.63. The zero-order valence-electron chi connectivity index (χ0n) is 43.6. The van der Waals surface area contributed by atoms with Crippen LogP contribution in [0, 0.1) is 46.3 Å². The summed E-state index contributed by atoms with van der Waals surface area (Å²) >= 11 is 0. The molecule has 2 aromatic carbocycles. The van der Waals surface area contributed by atoms with Gasteiger partial charge in [0.25, 0.3) is 11.8 Å². The van der Waals surface area contributed by atoms with Crippen molar-refractivity contribution in [3.05, 3.63) is 59.7 Å². The van der Waals surface area contributed by atoms with Gasteiger partial charge in [0.15, 0.2) is 0 Å². The van der Waals surface area contributed by atoms with Crippen LogP contribution >= 0.6 is 0 Å². The summed E-state index contributed by atoms with van der Waals surface area (Å²) in [6.45, 7) is 16.3. The van der Waals surface area contributed by atoms with Gasteiger partial charge in [0.1, 0.15) is 13.2 Å². The van der Waals surface area contributed by atoms with Crippen molar-refractivity contribution in [3.63, 3.8) is 0 Å². The highest BCUT2D eigenvalue weighted by atomic mass is 16.7. The van der Waals surface area contributed by atoms with Crippen LogP contribution in [0.5, 0.6) is 0 Å². The van der Waals surface area contributed by atoms with E-state index in [2.05, 4.69) is 76.3 Å². The zero-order chi connectivity index (χ0) is 50.3. The smallest absolute Gasteiger partial charge is 0.407 e. The summed E-state index contributed by atoms with van der Waals surface area (Å²) in [5.41, 5.74) is 4.88. The number of hydroxylamine groups is 2. The molecule has 11 atom stereocenters. The third-order valence-corrected chi connectivity index (χ3v) is 18.4. The molecule has 8 rings (SSSR count). The fourth-order valence-corrected chi connectivity index (χ4v) is 14.6. The summed E-state index contributed by atoms with van der Waals surface area (Å²) in [5.74, 6) is 0.360. The number of imide groups is 1. The van der Waals surface area contributed by atoms with Crippen molar-refractivity contribution >= 4 is 29.8 Å². The van der Waals surface area contributed by atoms with Crippen LogP contribution in [0.15, 0.2) is 48.5 Å². The number of unbranched alkanes of at least 4 members (excludes halogenated alkanes) is 2. The minimum atomic E-state index is -0.795. The number of hydrogen-bond acceptors (Lipinski definition) is 10. The number of fused-ring (bicyclic) bond motifs is 8. The number of hydrogen-bond donors (Lipinski definition) is 1. The lowest BCUT2D eigenvalue weighted by Gasteiger charge is -2.65. The van der Waals surface area contributed by atoms with E-state index >= 15 is 0 Å². The van der Waals surface area contributed by atoms with Gasteiger partial charge in [-0.15, -0.1) is 5.06 Å². The molecule has 5 aliphatic carbocycles. The minimum absolute atomic E-state index is 0.0116. The van der Waals surface area contributed by atoms with Crippen molar-refractivity contribution in [3.8, 4) is 11.1 Å². The van der Waals surface area contributed by atoms with Crippen LogP contribution in [0.1, 0.15) is 161 Å². The van der Waals surface area contributed by atoms with Gasteiger partial charge in [-0.05, 0) is 140 Å². The monoisotopic (exact) mass is 982 g/mol. The molecule has 0 unspecified atom stereocenters. The van der Waals surface area contributed by atoms with E-state index in [9.17, 15) is 24.0 Å². The van der Waals surface area contributed by atoms with Crippen molar-refractivity contribution in [2.75, 3.05) is 46.1 Å². The maximum atomic E-state index is 13.2. The molecule has 0 aromatic heterocycles. The Kier molecular flexibility index (Phi) is 17.7. The zero-order valence-corrected chi connectivity index (χ0v) is 43.6. The van der Waals surface area contributed by atoms with Crippen molar-refractivity contribution in [1.29, 1.82) is 0 Å². The van der Waals surface area contributed by atoms with Crippen LogP contribution in [0.4, 0.5) is 4.79 Å². The molecule has 13 heteroatoms. The summed E-state index contributed by atoms with van der Waals surface area (Å²) in [5, 5.41) is 3.57. The molecular formula is C58H83N3O10. The third kappa shape index (κ3) is 11.4. The van der Waals surface area contributed by atoms with Gasteiger partial charge in [0, 0.05) is 64.0 Å². The second kappa shape index (κ2) is 23.7. The van der Waals surface area contributed by atoms with Crippen LogP contribution in [0.2, 0.25) is 0 Å². The van der Waals surface area contributed by atoms with Gasteiger partial charge in [-0.3, -0.25) is 14.4 Å². The molecule has 1 heterocycles. The molecule has 1 aliphatic heterocycles. The first-order valence-corrected chi connectivity index (χ1v) is 27.5. The van der Waals surface area contributed by atoms with E-state index in [1.807, 2.05) is 12.1 Å². The highest BCUT2D eigenvalue weighted by Gasteiger charge is 2.66. The van der Waals surface area contributed by atoms with Gasteiger partial charge in [-0.25, -0.2) is 9.59 Å². The Balaban J connectivity index is 0.929. The number of nitrogens with one attached hydrogen (secondary N) is 1. The van der Waals surface area contributed by atoms with Gasteiger partial charge in [-0.2, -0.15) is 0 Å². The maximum absolute atomic E-state index is 13.2. The van der Waals surface area contributed by atoms with E-state index in [0.29, 0.717) is 73.1 Å². The molecule has 0 bridgehead atoms. The molecule has 4 amide bonds. The van der Waals surface area contributed by atoms with E-state index in [1.165, 1.54) is 34.1 Å². The average Bonchev–Trinajstić information content (AvgIpc) is 4.00. The minimum Gasteiger partial charge on any atom is -0.449 e. The first kappa shape index (κ1) is 53.0. The summed E-state index contributed by atoms with van der Waals surface area (Å²) < 4.78 is 26.7. The third-order valence-electron chi connectivity index (χ3n) is 18.4. The number of rotatable bonds is 23. The summed E-state index contributed by atoms with van der Waals surface area (Å²) in [7, 11) is 0. The Morgan fingerprint density at radius 3 is 2.14 bits per heavy atom. The van der Waals surface area contributed by atoms with Crippen molar-refractivity contribution in [2.24, 2.45) is 46.3 Å². The van der Waals surface area contributed by atoms with Gasteiger partial charge >= 0.3 is 12.1 Å². The second-order valence-electron chi connectivity index (χ2n) is 22.5. The topological polar surface area (TPSA) is 150 Å². The lowest BCUT2D eigenvalue weighted by molar-refractivity contribution is -0.227. The van der Waals surface area contributed by atoms with Crippen LogP contribution in [-0.2, 0) is 43.0 Å². The predicted molar refractivity (Wildman–Crippen MR) is 271 cm³/mol. The first-order chi connectivity index (χ1) is 34.3. The van der Waals surface area contributed by atoms with Crippen LogP contribution in [0.25, 0.3) is 11.1 Å². The average molecular weight is 982 g/mol. The molecule has 390 valence electrons. The van der Waals surface area contributed by atoms with E-state index in [1.54, 1.807) is 0 Å². The molecule has 2 aromatic rings. The Morgan fingerprint density at radius 1 is 0.803 bits per heavy atom. The van der Waals surface area contributed by atoms with Gasteiger partial charge < -0.3 is 34.0 Å². The largest absolute Gasteiger partial charge is 0.449 e. The molecular weight excluding hydrogens is 899 g/mol. The quantitative estimate of drug-likeness (QED) is 0.0842. The summed E-state index contributed by atoms with van der Waals surface area (Å²) in [4.78, 5) is 69.4. The van der Waals surface area contributed by atoms with Crippen molar-refractivity contribution in [2.45, 2.75) is 169 Å². The van der Waals surface area contributed by atoms with Gasteiger partial charge in [0.05, 0.1) is 18.3 Å². The highest BCUT2D eigenvalue weighted by molar-refractivity contribution is 6.01. The maximum Gasteiger partial charge on any atom is 0.407 e. The first-order valence-electron chi connectivity index (χ1n) is 27.5. The number of amides is 4. The lowest BCUT2D eigenvalue weighted by atomic mass is 9.43. The number of nitrogens with zero attached hydrogens (tertiary/aromatic N) is 2. The molecule has 13 nitrogen and oxygen atoms in total. The Bertz CT molecular complexity index is 2120. The van der Waals surface area contributed by atoms with E-state index in [-0.39, 0.29) is 67.0 Å². The molecule has 0 spiro atoms. The Morgan fingerprint density at radius 2 is 1.46 bits per heavy atom. The summed E-state index contributed by atoms with van der Waals surface area (Å²) in [6, 6.07) is 16.8. The molecule has 6 aliphatic rings.